The second-order valence-electron chi connectivity index (χ2n) is 4.15. The highest BCUT2D eigenvalue weighted by Crippen LogP contribution is 2.16. The van der Waals surface area contributed by atoms with Gasteiger partial charge in [0.1, 0.15) is 24.0 Å². The van der Waals surface area contributed by atoms with E-state index >= 15 is 0 Å². The fourth-order valence-corrected chi connectivity index (χ4v) is 1.72. The number of rotatable bonds is 4. The normalized spacial score (nSPS) is 16.2. The number of aromatic amines is 1. The summed E-state index contributed by atoms with van der Waals surface area (Å²) in [5, 5.41) is 37.4. The van der Waals surface area contributed by atoms with Crippen LogP contribution in [-0.4, -0.2) is 49.2 Å². The minimum Gasteiger partial charge on any atom is -0.394 e. The molecule has 2 aromatic rings. The van der Waals surface area contributed by atoms with E-state index in [1.807, 2.05) is 0 Å². The summed E-state index contributed by atoms with van der Waals surface area (Å²) in [5.41, 5.74) is -0.0171. The van der Waals surface area contributed by atoms with Crippen LogP contribution in [0.3, 0.4) is 0 Å². The smallest absolute Gasteiger partial charge is 0.272 e. The van der Waals surface area contributed by atoms with E-state index in [-0.39, 0.29) is 5.69 Å². The lowest BCUT2D eigenvalue weighted by Gasteiger charge is -2.20. The van der Waals surface area contributed by atoms with Crippen LogP contribution in [0.25, 0.3) is 11.0 Å². The van der Waals surface area contributed by atoms with Crippen molar-refractivity contribution < 1.29 is 20.4 Å². The Hall–Kier alpha value is -1.80. The van der Waals surface area contributed by atoms with Crippen LogP contribution in [-0.2, 0) is 0 Å². The highest BCUT2D eigenvalue weighted by atomic mass is 16.4. The number of aliphatic hydroxyl groups is 4. The van der Waals surface area contributed by atoms with Crippen LogP contribution in [0.2, 0.25) is 0 Å². The van der Waals surface area contributed by atoms with Crippen LogP contribution < -0.4 is 5.56 Å². The lowest BCUT2D eigenvalue weighted by atomic mass is 10.1. The van der Waals surface area contributed by atoms with Crippen molar-refractivity contribution in [2.75, 3.05) is 6.61 Å². The quantitative estimate of drug-likeness (QED) is 0.466. The maximum absolute atomic E-state index is 11.8. The fourth-order valence-electron chi connectivity index (χ4n) is 1.72. The molecule has 3 atom stereocenters. The van der Waals surface area contributed by atoms with Crippen molar-refractivity contribution in [2.24, 2.45) is 0 Å². The molecule has 0 aliphatic carbocycles. The molecule has 0 saturated carbocycles. The average Bonchev–Trinajstić information content (AvgIpc) is 2.44. The molecule has 0 spiro atoms. The number of nitrogens with one attached hydrogen (secondary N) is 1. The minimum atomic E-state index is -1.69. The predicted molar refractivity (Wildman–Crippen MR) is 66.4 cm³/mol. The minimum absolute atomic E-state index is 0.307. The van der Waals surface area contributed by atoms with Gasteiger partial charge in [-0.05, 0) is 12.1 Å². The number of hydrogen-bond donors (Lipinski definition) is 5. The summed E-state index contributed by atoms with van der Waals surface area (Å²) in [7, 11) is 0. The summed E-state index contributed by atoms with van der Waals surface area (Å²) in [6.45, 7) is -0.732. The standard InChI is InChI=1S/C12H14N2O5/c15-5-8(16)10(17)11(18)9-12(19)14-7-4-2-1-3-6(7)13-9/h1-4,8,10-11,15-18H,5H2,(H,14,19)/t8-,10+,11-/m1/s1. The largest absolute Gasteiger partial charge is 0.394 e. The van der Waals surface area contributed by atoms with E-state index in [4.69, 9.17) is 5.11 Å². The summed E-state index contributed by atoms with van der Waals surface area (Å²) in [5.74, 6) is 0. The van der Waals surface area contributed by atoms with Crippen molar-refractivity contribution in [3.63, 3.8) is 0 Å². The zero-order valence-electron chi connectivity index (χ0n) is 9.89. The third kappa shape index (κ3) is 2.64. The van der Waals surface area contributed by atoms with Crippen molar-refractivity contribution in [1.29, 1.82) is 0 Å². The first-order valence-electron chi connectivity index (χ1n) is 5.68. The molecular weight excluding hydrogens is 252 g/mol. The van der Waals surface area contributed by atoms with Gasteiger partial charge in [0.25, 0.3) is 5.56 Å². The highest BCUT2D eigenvalue weighted by molar-refractivity contribution is 5.73. The third-order valence-corrected chi connectivity index (χ3v) is 2.81. The second-order valence-corrected chi connectivity index (χ2v) is 4.15. The molecule has 0 fully saturated rings. The maximum Gasteiger partial charge on any atom is 0.272 e. The Morgan fingerprint density at radius 3 is 2.58 bits per heavy atom. The molecule has 0 amide bonds. The van der Waals surface area contributed by atoms with Crippen LogP contribution in [0, 0.1) is 0 Å². The van der Waals surface area contributed by atoms with Gasteiger partial charge < -0.3 is 25.4 Å². The van der Waals surface area contributed by atoms with E-state index in [0.29, 0.717) is 11.0 Å². The number of H-pyrrole nitrogens is 1. The summed E-state index contributed by atoms with van der Waals surface area (Å²) in [6, 6.07) is 6.72. The van der Waals surface area contributed by atoms with E-state index < -0.39 is 30.5 Å². The van der Waals surface area contributed by atoms with Gasteiger partial charge in [-0.15, -0.1) is 0 Å². The molecule has 1 aromatic carbocycles. The highest BCUT2D eigenvalue weighted by Gasteiger charge is 2.28. The Bertz CT molecular complexity index is 627. The van der Waals surface area contributed by atoms with Crippen molar-refractivity contribution in [2.45, 2.75) is 18.3 Å². The first-order valence-corrected chi connectivity index (χ1v) is 5.68. The number of benzene rings is 1. The number of nitrogens with zero attached hydrogens (tertiary/aromatic N) is 1. The van der Waals surface area contributed by atoms with Gasteiger partial charge in [0.05, 0.1) is 17.6 Å². The van der Waals surface area contributed by atoms with Crippen molar-refractivity contribution in [3.8, 4) is 0 Å². The topological polar surface area (TPSA) is 127 Å². The predicted octanol–water partition coefficient (Wildman–Crippen LogP) is -1.33. The average molecular weight is 266 g/mol. The molecule has 1 aromatic heterocycles. The number of aromatic nitrogens is 2. The van der Waals surface area contributed by atoms with Crippen LogP contribution in [0.1, 0.15) is 11.8 Å². The molecule has 0 unspecified atom stereocenters. The van der Waals surface area contributed by atoms with Crippen molar-refractivity contribution >= 4 is 11.0 Å². The van der Waals surface area contributed by atoms with Gasteiger partial charge in [-0.2, -0.15) is 0 Å². The SMILES string of the molecule is O=c1[nH]c2ccccc2nc1[C@@H](O)[C@@H](O)[C@H](O)CO. The first kappa shape index (κ1) is 13.6. The van der Waals surface area contributed by atoms with Gasteiger partial charge in [0.15, 0.2) is 0 Å². The number of para-hydroxylation sites is 2. The first-order chi connectivity index (χ1) is 9.04. The van der Waals surface area contributed by atoms with E-state index in [1.54, 1.807) is 24.3 Å². The molecule has 19 heavy (non-hydrogen) atoms. The zero-order chi connectivity index (χ0) is 14.0. The van der Waals surface area contributed by atoms with Gasteiger partial charge in [-0.25, -0.2) is 4.98 Å². The molecule has 0 aliphatic rings. The maximum atomic E-state index is 11.8. The third-order valence-electron chi connectivity index (χ3n) is 2.81. The Morgan fingerprint density at radius 1 is 1.21 bits per heavy atom. The molecule has 7 heteroatoms. The van der Waals surface area contributed by atoms with Gasteiger partial charge >= 0.3 is 0 Å². The molecule has 2 rings (SSSR count). The lowest BCUT2D eigenvalue weighted by Crippen LogP contribution is -2.37. The number of aliphatic hydroxyl groups excluding tert-OH is 4. The van der Waals surface area contributed by atoms with Crippen LogP contribution in [0.15, 0.2) is 29.1 Å². The zero-order valence-corrected chi connectivity index (χ0v) is 9.89. The van der Waals surface area contributed by atoms with Gasteiger partial charge in [0.2, 0.25) is 0 Å². The number of fused-ring (bicyclic) bond motifs is 1. The van der Waals surface area contributed by atoms with Crippen molar-refractivity contribution in [3.05, 3.63) is 40.3 Å². The molecule has 0 radical (unpaired) electrons. The van der Waals surface area contributed by atoms with Crippen LogP contribution >= 0.6 is 0 Å². The van der Waals surface area contributed by atoms with Crippen molar-refractivity contribution in [1.82, 2.24) is 9.97 Å². The molecule has 0 aliphatic heterocycles. The van der Waals surface area contributed by atoms with Crippen LogP contribution in [0.5, 0.6) is 0 Å². The Morgan fingerprint density at radius 2 is 1.89 bits per heavy atom. The summed E-state index contributed by atoms with van der Waals surface area (Å²) in [4.78, 5) is 18.2. The van der Waals surface area contributed by atoms with Gasteiger partial charge in [-0.1, -0.05) is 12.1 Å². The second kappa shape index (κ2) is 5.45. The molecule has 102 valence electrons. The fraction of sp³-hybridized carbons (Fsp3) is 0.333. The number of hydrogen-bond acceptors (Lipinski definition) is 6. The Balaban J connectivity index is 2.44. The summed E-state index contributed by atoms with van der Waals surface area (Å²) >= 11 is 0. The molecule has 1 heterocycles. The van der Waals surface area contributed by atoms with E-state index in [9.17, 15) is 20.1 Å². The Kier molecular flexibility index (Phi) is 3.91. The van der Waals surface area contributed by atoms with Gasteiger partial charge in [0, 0.05) is 0 Å². The molecule has 0 saturated heterocycles. The summed E-state index contributed by atoms with van der Waals surface area (Å²) < 4.78 is 0. The van der Waals surface area contributed by atoms with E-state index in [0.717, 1.165) is 0 Å². The Labute approximate surface area is 107 Å². The van der Waals surface area contributed by atoms with Gasteiger partial charge in [-0.3, -0.25) is 4.79 Å². The molecule has 7 nitrogen and oxygen atoms in total. The monoisotopic (exact) mass is 266 g/mol. The molecule has 5 N–H and O–H groups in total. The lowest BCUT2D eigenvalue weighted by molar-refractivity contribution is -0.0792. The molecule has 0 bridgehead atoms. The van der Waals surface area contributed by atoms with E-state index in [1.165, 1.54) is 0 Å². The van der Waals surface area contributed by atoms with E-state index in [2.05, 4.69) is 9.97 Å². The molecular formula is C12H14N2O5. The van der Waals surface area contributed by atoms with Crippen LogP contribution in [0.4, 0.5) is 0 Å². The summed E-state index contributed by atoms with van der Waals surface area (Å²) in [6.07, 6.45) is -4.93.